The van der Waals surface area contributed by atoms with Gasteiger partial charge >= 0.3 is 0 Å². The summed E-state index contributed by atoms with van der Waals surface area (Å²) in [5.74, 6) is 0. The summed E-state index contributed by atoms with van der Waals surface area (Å²) < 4.78 is 0. The number of aromatic amines is 1. The first-order chi connectivity index (χ1) is 4.88. The molecule has 4 heteroatoms. The lowest BCUT2D eigenvalue weighted by Gasteiger charge is -1.83. The molecule has 0 saturated heterocycles. The molecule has 2 heterocycles. The summed E-state index contributed by atoms with van der Waals surface area (Å²) in [5.41, 5.74) is 1.74. The van der Waals surface area contributed by atoms with E-state index in [2.05, 4.69) is 20.2 Å². The fraction of sp³-hybridized carbons (Fsp3) is 0.167. The van der Waals surface area contributed by atoms with Gasteiger partial charge in [-0.2, -0.15) is 5.10 Å². The number of aryl methyl sites for hydroxylation is 1. The van der Waals surface area contributed by atoms with Crippen molar-refractivity contribution in [3.63, 3.8) is 0 Å². The number of rotatable bonds is 0. The van der Waals surface area contributed by atoms with E-state index >= 15 is 0 Å². The van der Waals surface area contributed by atoms with E-state index in [1.807, 2.05) is 6.92 Å². The van der Waals surface area contributed by atoms with E-state index in [1.54, 1.807) is 6.20 Å². The molecule has 2 rings (SSSR count). The molecule has 0 radical (unpaired) electrons. The van der Waals surface area contributed by atoms with Crippen LogP contribution in [0.25, 0.3) is 11.0 Å². The highest BCUT2D eigenvalue weighted by atomic mass is 15.2. The van der Waals surface area contributed by atoms with E-state index in [1.165, 1.54) is 6.33 Å². The Balaban J connectivity index is 2.93. The molecule has 0 bridgehead atoms. The van der Waals surface area contributed by atoms with Crippen molar-refractivity contribution in [3.8, 4) is 0 Å². The van der Waals surface area contributed by atoms with Crippen LogP contribution < -0.4 is 0 Å². The molecule has 10 heavy (non-hydrogen) atoms. The summed E-state index contributed by atoms with van der Waals surface area (Å²) in [6, 6.07) is 0. The predicted octanol–water partition coefficient (Wildman–Crippen LogP) is 0.661. The van der Waals surface area contributed by atoms with Crippen LogP contribution >= 0.6 is 0 Å². The van der Waals surface area contributed by atoms with Crippen molar-refractivity contribution >= 4 is 11.0 Å². The SMILES string of the molecule is Cc1n[nH]c2ncncc12. The quantitative estimate of drug-likeness (QED) is 0.575. The van der Waals surface area contributed by atoms with E-state index in [9.17, 15) is 0 Å². The highest BCUT2D eigenvalue weighted by molar-refractivity contribution is 5.75. The van der Waals surface area contributed by atoms with Crippen molar-refractivity contribution < 1.29 is 0 Å². The molecule has 0 unspecified atom stereocenters. The molecule has 0 fully saturated rings. The molecule has 4 nitrogen and oxygen atoms in total. The molecular weight excluding hydrogens is 128 g/mol. The maximum absolute atomic E-state index is 3.97. The summed E-state index contributed by atoms with van der Waals surface area (Å²) in [4.78, 5) is 7.85. The zero-order chi connectivity index (χ0) is 6.97. The first kappa shape index (κ1) is 5.34. The van der Waals surface area contributed by atoms with Crippen molar-refractivity contribution in [1.29, 1.82) is 0 Å². The third-order valence-corrected chi connectivity index (χ3v) is 1.43. The second-order valence-corrected chi connectivity index (χ2v) is 2.09. The standard InChI is InChI=1S/C6H6N4/c1-4-5-2-7-3-8-6(5)10-9-4/h2-3H,1H3,(H,7,8,9,10). The Morgan fingerprint density at radius 3 is 3.20 bits per heavy atom. The molecule has 0 aliphatic carbocycles. The van der Waals surface area contributed by atoms with Crippen LogP contribution in [0, 0.1) is 6.92 Å². The van der Waals surface area contributed by atoms with Gasteiger partial charge in [-0.25, -0.2) is 9.97 Å². The molecule has 0 aromatic carbocycles. The van der Waals surface area contributed by atoms with Crippen LogP contribution in [-0.2, 0) is 0 Å². The number of nitrogens with one attached hydrogen (secondary N) is 1. The number of hydrogen-bond donors (Lipinski definition) is 1. The van der Waals surface area contributed by atoms with Crippen LogP contribution in [0.1, 0.15) is 5.69 Å². The molecule has 0 saturated carbocycles. The molecule has 2 aromatic rings. The highest BCUT2D eigenvalue weighted by Crippen LogP contribution is 2.08. The summed E-state index contributed by atoms with van der Waals surface area (Å²) in [7, 11) is 0. The fourth-order valence-electron chi connectivity index (χ4n) is 0.881. The Labute approximate surface area is 57.3 Å². The van der Waals surface area contributed by atoms with Gasteiger partial charge in [-0.1, -0.05) is 0 Å². The van der Waals surface area contributed by atoms with Gasteiger partial charge in [0.1, 0.15) is 6.33 Å². The molecule has 50 valence electrons. The first-order valence-electron chi connectivity index (χ1n) is 2.98. The monoisotopic (exact) mass is 134 g/mol. The minimum Gasteiger partial charge on any atom is -0.260 e. The van der Waals surface area contributed by atoms with E-state index in [4.69, 9.17) is 0 Å². The molecule has 2 aromatic heterocycles. The Bertz CT molecular complexity index is 351. The van der Waals surface area contributed by atoms with Crippen LogP contribution in [0.2, 0.25) is 0 Å². The number of nitrogens with zero attached hydrogens (tertiary/aromatic N) is 3. The Hall–Kier alpha value is -1.45. The van der Waals surface area contributed by atoms with Crippen LogP contribution in [0.4, 0.5) is 0 Å². The van der Waals surface area contributed by atoms with Crippen molar-refractivity contribution in [2.24, 2.45) is 0 Å². The number of aromatic nitrogens is 4. The van der Waals surface area contributed by atoms with Crippen molar-refractivity contribution in [2.75, 3.05) is 0 Å². The van der Waals surface area contributed by atoms with Crippen molar-refractivity contribution in [2.45, 2.75) is 6.92 Å². The van der Waals surface area contributed by atoms with Gasteiger partial charge in [0, 0.05) is 6.20 Å². The third-order valence-electron chi connectivity index (χ3n) is 1.43. The van der Waals surface area contributed by atoms with E-state index in [0.29, 0.717) is 0 Å². The van der Waals surface area contributed by atoms with Gasteiger partial charge in [0.15, 0.2) is 5.65 Å². The van der Waals surface area contributed by atoms with Crippen LogP contribution in [0.3, 0.4) is 0 Å². The fourth-order valence-corrected chi connectivity index (χ4v) is 0.881. The van der Waals surface area contributed by atoms with Gasteiger partial charge < -0.3 is 0 Å². The predicted molar refractivity (Wildman–Crippen MR) is 36.4 cm³/mol. The molecular formula is C6H6N4. The molecule has 0 atom stereocenters. The largest absolute Gasteiger partial charge is 0.260 e. The van der Waals surface area contributed by atoms with E-state index in [-0.39, 0.29) is 0 Å². The van der Waals surface area contributed by atoms with Gasteiger partial charge in [0.05, 0.1) is 11.1 Å². The number of fused-ring (bicyclic) bond motifs is 1. The molecule has 0 spiro atoms. The number of hydrogen-bond acceptors (Lipinski definition) is 3. The topological polar surface area (TPSA) is 54.5 Å². The van der Waals surface area contributed by atoms with Crippen LogP contribution in [0.15, 0.2) is 12.5 Å². The maximum atomic E-state index is 3.97. The van der Waals surface area contributed by atoms with Gasteiger partial charge in [0.25, 0.3) is 0 Å². The average molecular weight is 134 g/mol. The van der Waals surface area contributed by atoms with Crippen LogP contribution in [0.5, 0.6) is 0 Å². The van der Waals surface area contributed by atoms with Gasteiger partial charge in [0.2, 0.25) is 0 Å². The Morgan fingerprint density at radius 1 is 1.50 bits per heavy atom. The van der Waals surface area contributed by atoms with E-state index in [0.717, 1.165) is 16.7 Å². The van der Waals surface area contributed by atoms with Crippen molar-refractivity contribution in [1.82, 2.24) is 20.2 Å². The molecule has 0 aliphatic rings. The average Bonchev–Trinajstić information content (AvgIpc) is 2.34. The zero-order valence-electron chi connectivity index (χ0n) is 5.50. The molecule has 0 amide bonds. The second kappa shape index (κ2) is 1.76. The first-order valence-corrected chi connectivity index (χ1v) is 2.98. The lowest BCUT2D eigenvalue weighted by molar-refractivity contribution is 1.05. The van der Waals surface area contributed by atoms with Gasteiger partial charge in [-0.05, 0) is 6.92 Å². The van der Waals surface area contributed by atoms with Gasteiger partial charge in [-0.15, -0.1) is 0 Å². The smallest absolute Gasteiger partial charge is 0.158 e. The van der Waals surface area contributed by atoms with Crippen molar-refractivity contribution in [3.05, 3.63) is 18.2 Å². The zero-order valence-corrected chi connectivity index (χ0v) is 5.50. The Kier molecular flexibility index (Phi) is 0.943. The normalized spacial score (nSPS) is 10.5. The second-order valence-electron chi connectivity index (χ2n) is 2.09. The lowest BCUT2D eigenvalue weighted by atomic mass is 10.3. The van der Waals surface area contributed by atoms with Crippen LogP contribution in [-0.4, -0.2) is 20.2 Å². The summed E-state index contributed by atoms with van der Waals surface area (Å²) in [5, 5.41) is 7.74. The minimum absolute atomic E-state index is 0.799. The van der Waals surface area contributed by atoms with Gasteiger partial charge in [-0.3, -0.25) is 5.10 Å². The molecule has 0 aliphatic heterocycles. The number of H-pyrrole nitrogens is 1. The Morgan fingerprint density at radius 2 is 2.40 bits per heavy atom. The summed E-state index contributed by atoms with van der Waals surface area (Å²) in [6.45, 7) is 1.92. The minimum atomic E-state index is 0.799. The third kappa shape index (κ3) is 0.586. The van der Waals surface area contributed by atoms with E-state index < -0.39 is 0 Å². The highest BCUT2D eigenvalue weighted by Gasteiger charge is 1.98. The lowest BCUT2D eigenvalue weighted by Crippen LogP contribution is -1.76. The summed E-state index contributed by atoms with van der Waals surface area (Å²) >= 11 is 0. The molecule has 1 N–H and O–H groups in total. The maximum Gasteiger partial charge on any atom is 0.158 e. The summed E-state index contributed by atoms with van der Waals surface area (Å²) in [6.07, 6.45) is 3.25.